The fourth-order valence-corrected chi connectivity index (χ4v) is 10.8. The maximum absolute atomic E-state index is 2.55. The van der Waals surface area contributed by atoms with Gasteiger partial charge in [-0.3, -0.25) is 0 Å². The average molecular weight is 525 g/mol. The van der Waals surface area contributed by atoms with Gasteiger partial charge in [0, 0.05) is 0 Å². The number of benzene rings is 2. The van der Waals surface area contributed by atoms with E-state index in [-0.39, 0.29) is 0 Å². The minimum atomic E-state index is -0.973. The molecular formula is C30H46Sn+. The van der Waals surface area contributed by atoms with Gasteiger partial charge in [-0.1, -0.05) is 0 Å². The molecule has 0 saturated carbocycles. The van der Waals surface area contributed by atoms with E-state index in [0.717, 1.165) is 0 Å². The molecule has 0 aromatic heterocycles. The van der Waals surface area contributed by atoms with E-state index in [0.29, 0.717) is 35.5 Å². The Labute approximate surface area is 203 Å². The van der Waals surface area contributed by atoms with E-state index >= 15 is 0 Å². The Balaban J connectivity index is 2.83. The van der Waals surface area contributed by atoms with E-state index in [2.05, 4.69) is 107 Å². The quantitative estimate of drug-likeness (QED) is 0.306. The van der Waals surface area contributed by atoms with Gasteiger partial charge in [0.15, 0.2) is 0 Å². The van der Waals surface area contributed by atoms with Crippen molar-refractivity contribution in [1.82, 2.24) is 0 Å². The van der Waals surface area contributed by atoms with Gasteiger partial charge in [0.1, 0.15) is 0 Å². The molecule has 0 amide bonds. The molecule has 0 nitrogen and oxygen atoms in total. The van der Waals surface area contributed by atoms with Crippen molar-refractivity contribution in [3.05, 3.63) is 57.6 Å². The minimum absolute atomic E-state index is 0.576. The number of hydrogen-bond acceptors (Lipinski definition) is 0. The van der Waals surface area contributed by atoms with Crippen LogP contribution < -0.4 is 7.16 Å². The second-order valence-electron chi connectivity index (χ2n) is 11.2. The van der Waals surface area contributed by atoms with Crippen molar-refractivity contribution in [2.75, 3.05) is 0 Å². The van der Waals surface area contributed by atoms with Crippen LogP contribution in [0.3, 0.4) is 0 Å². The van der Waals surface area contributed by atoms with Crippen molar-refractivity contribution in [2.24, 2.45) is 0 Å². The van der Waals surface area contributed by atoms with Gasteiger partial charge in [-0.2, -0.15) is 0 Å². The van der Waals surface area contributed by atoms with Crippen LogP contribution in [-0.4, -0.2) is 21.1 Å². The Kier molecular flexibility index (Phi) is 9.32. The van der Waals surface area contributed by atoms with Crippen LogP contribution in [0.4, 0.5) is 0 Å². The zero-order valence-electron chi connectivity index (χ0n) is 22.3. The Hall–Kier alpha value is -0.761. The molecule has 31 heavy (non-hydrogen) atoms. The Morgan fingerprint density at radius 2 is 0.613 bits per heavy atom. The van der Waals surface area contributed by atoms with Crippen molar-refractivity contribution < 1.29 is 0 Å². The van der Waals surface area contributed by atoms with Gasteiger partial charge >= 0.3 is 205 Å². The second kappa shape index (κ2) is 10.9. The van der Waals surface area contributed by atoms with Crippen LogP contribution in [0.2, 0.25) is 0 Å². The summed E-state index contributed by atoms with van der Waals surface area (Å²) >= 11 is -0.973. The van der Waals surface area contributed by atoms with Crippen LogP contribution >= 0.6 is 0 Å². The van der Waals surface area contributed by atoms with Crippen molar-refractivity contribution in [3.63, 3.8) is 0 Å². The summed E-state index contributed by atoms with van der Waals surface area (Å²) < 4.78 is 3.50. The van der Waals surface area contributed by atoms with Gasteiger partial charge in [0.05, 0.1) is 0 Å². The molecule has 0 N–H and O–H groups in total. The van der Waals surface area contributed by atoms with Gasteiger partial charge in [-0.15, -0.1) is 0 Å². The molecule has 1 heteroatoms. The fourth-order valence-electron chi connectivity index (χ4n) is 4.33. The summed E-state index contributed by atoms with van der Waals surface area (Å²) in [6.07, 6.45) is 0. The molecule has 0 saturated heterocycles. The van der Waals surface area contributed by atoms with Gasteiger partial charge < -0.3 is 0 Å². The molecule has 0 aliphatic carbocycles. The molecule has 0 fully saturated rings. The summed E-state index contributed by atoms with van der Waals surface area (Å²) in [4.78, 5) is 0. The molecule has 169 valence electrons. The molecular weight excluding hydrogens is 479 g/mol. The summed E-state index contributed by atoms with van der Waals surface area (Å²) in [5.74, 6) is 3.47. The average Bonchev–Trinajstić information content (AvgIpc) is 2.66. The maximum atomic E-state index is 2.55. The molecule has 1 radical (unpaired) electrons. The predicted octanol–water partition coefficient (Wildman–Crippen LogP) is 8.08. The summed E-state index contributed by atoms with van der Waals surface area (Å²) in [5.41, 5.74) is 9.52. The third kappa shape index (κ3) is 6.18. The van der Waals surface area contributed by atoms with Crippen LogP contribution in [0.5, 0.6) is 0 Å². The second-order valence-corrected chi connectivity index (χ2v) is 14.8. The standard InChI is InChI=1S/2C15H23.Sn/c2*1-10(2)13-7-14(11(3)4)9-15(8-13)12(5)6;/h2*7-8,10-12H,1-6H3;/q;;+1. The topological polar surface area (TPSA) is 0 Å². The van der Waals surface area contributed by atoms with Crippen molar-refractivity contribution >= 4 is 28.3 Å². The molecule has 0 bridgehead atoms. The summed E-state index contributed by atoms with van der Waals surface area (Å²) in [5, 5.41) is 0. The first-order valence-electron chi connectivity index (χ1n) is 12.5. The van der Waals surface area contributed by atoms with Crippen LogP contribution in [0.25, 0.3) is 0 Å². The van der Waals surface area contributed by atoms with Crippen LogP contribution in [-0.2, 0) is 0 Å². The molecule has 2 aromatic carbocycles. The van der Waals surface area contributed by atoms with E-state index in [4.69, 9.17) is 0 Å². The monoisotopic (exact) mass is 526 g/mol. The van der Waals surface area contributed by atoms with Crippen LogP contribution in [0.15, 0.2) is 24.3 Å². The van der Waals surface area contributed by atoms with Crippen molar-refractivity contribution in [3.8, 4) is 0 Å². The van der Waals surface area contributed by atoms with Gasteiger partial charge in [0.25, 0.3) is 0 Å². The fraction of sp³-hybridized carbons (Fsp3) is 0.600. The third-order valence-electron chi connectivity index (χ3n) is 6.51. The van der Waals surface area contributed by atoms with Gasteiger partial charge in [-0.05, 0) is 0 Å². The molecule has 0 unspecified atom stereocenters. The summed E-state index contributed by atoms with van der Waals surface area (Å²) in [6.45, 7) is 28.5. The molecule has 0 spiro atoms. The van der Waals surface area contributed by atoms with E-state index in [9.17, 15) is 0 Å². The predicted molar refractivity (Wildman–Crippen MR) is 142 cm³/mol. The van der Waals surface area contributed by atoms with Gasteiger partial charge in [0.2, 0.25) is 0 Å². The normalized spacial score (nSPS) is 12.3. The Morgan fingerprint density at radius 3 is 0.774 bits per heavy atom. The SMILES string of the molecule is CC(C)c1cc(C(C)C)[c]([Sn+][c]2c(C(C)C)cc(C(C)C)cc2C(C)C)c(C(C)C)c1. The zero-order chi connectivity index (χ0) is 23.6. The van der Waals surface area contributed by atoms with Crippen molar-refractivity contribution in [2.45, 2.75) is 119 Å². The molecule has 0 atom stereocenters. The van der Waals surface area contributed by atoms with Crippen LogP contribution in [0, 0.1) is 0 Å². The van der Waals surface area contributed by atoms with E-state index < -0.39 is 21.1 Å². The van der Waals surface area contributed by atoms with E-state index in [1.54, 1.807) is 29.4 Å². The first kappa shape index (κ1) is 26.5. The van der Waals surface area contributed by atoms with Crippen LogP contribution in [0.1, 0.15) is 152 Å². The zero-order valence-corrected chi connectivity index (χ0v) is 25.1. The molecule has 0 aliphatic rings. The molecule has 2 aromatic rings. The number of rotatable bonds is 8. The Morgan fingerprint density at radius 1 is 0.387 bits per heavy atom. The van der Waals surface area contributed by atoms with Crippen molar-refractivity contribution in [1.29, 1.82) is 0 Å². The summed E-state index contributed by atoms with van der Waals surface area (Å²) in [6, 6.07) is 10.2. The first-order chi connectivity index (χ1) is 14.3. The first-order valence-corrected chi connectivity index (χ1v) is 15.3. The number of hydrogen-bond donors (Lipinski definition) is 0. The summed E-state index contributed by atoms with van der Waals surface area (Å²) in [7, 11) is 0. The van der Waals surface area contributed by atoms with E-state index in [1.165, 1.54) is 11.1 Å². The molecule has 0 aliphatic heterocycles. The van der Waals surface area contributed by atoms with Gasteiger partial charge in [-0.25, -0.2) is 0 Å². The Bertz CT molecular complexity index is 750. The third-order valence-corrected chi connectivity index (χ3v) is 11.2. The van der Waals surface area contributed by atoms with E-state index in [1.807, 2.05) is 0 Å². The molecule has 2 rings (SSSR count). The molecule has 0 heterocycles.